The Kier molecular flexibility index (Phi) is 11.1. The molecule has 0 heteroatoms. The van der Waals surface area contributed by atoms with E-state index in [1.165, 1.54) is 57.8 Å². The fourth-order valence-electron chi connectivity index (χ4n) is 2.36. The summed E-state index contributed by atoms with van der Waals surface area (Å²) in [6.45, 7) is 11.6. The molecule has 0 radical (unpaired) electrons. The first-order valence-corrected chi connectivity index (χ1v) is 8.07. The van der Waals surface area contributed by atoms with Gasteiger partial charge in [-0.3, -0.25) is 0 Å². The highest BCUT2D eigenvalue weighted by Crippen LogP contribution is 2.22. The highest BCUT2D eigenvalue weighted by Gasteiger charge is 2.06. The second kappa shape index (κ2) is 11.1. The van der Waals surface area contributed by atoms with E-state index in [1.807, 2.05) is 0 Å². The molecule has 1 aliphatic carbocycles. The van der Waals surface area contributed by atoms with Crippen LogP contribution < -0.4 is 0 Å². The van der Waals surface area contributed by atoms with Gasteiger partial charge in [0.15, 0.2) is 0 Å². The van der Waals surface area contributed by atoms with E-state index in [2.05, 4.69) is 34.6 Å². The molecule has 0 aromatic heterocycles. The highest BCUT2D eigenvalue weighted by molar-refractivity contribution is 4.59. The van der Waals surface area contributed by atoms with E-state index in [9.17, 15) is 0 Å². The Morgan fingerprint density at radius 1 is 0.941 bits per heavy atom. The first-order chi connectivity index (χ1) is 8.07. The summed E-state index contributed by atoms with van der Waals surface area (Å²) in [6.07, 6.45) is 13.1. The summed E-state index contributed by atoms with van der Waals surface area (Å²) in [4.78, 5) is 0. The van der Waals surface area contributed by atoms with Crippen molar-refractivity contribution in [3.05, 3.63) is 0 Å². The van der Waals surface area contributed by atoms with E-state index >= 15 is 0 Å². The van der Waals surface area contributed by atoms with Gasteiger partial charge in [0.05, 0.1) is 0 Å². The van der Waals surface area contributed by atoms with Crippen molar-refractivity contribution in [2.45, 2.75) is 92.4 Å². The van der Waals surface area contributed by atoms with E-state index in [0.717, 1.165) is 17.8 Å². The topological polar surface area (TPSA) is 0 Å². The molecule has 1 fully saturated rings. The van der Waals surface area contributed by atoms with Crippen LogP contribution in [0, 0.1) is 17.8 Å². The Bertz CT molecular complexity index is 142. The number of unbranched alkanes of at least 4 members (excludes halogenated alkanes) is 2. The molecule has 1 unspecified atom stereocenters. The van der Waals surface area contributed by atoms with Gasteiger partial charge in [0.1, 0.15) is 0 Å². The van der Waals surface area contributed by atoms with E-state index in [0.29, 0.717) is 0 Å². The van der Waals surface area contributed by atoms with Crippen molar-refractivity contribution in [3.8, 4) is 0 Å². The SMILES string of the molecule is CC1CCCCC1.CCCCCC(C)C(C)C. The van der Waals surface area contributed by atoms with E-state index < -0.39 is 0 Å². The molecule has 104 valence electrons. The van der Waals surface area contributed by atoms with E-state index in [4.69, 9.17) is 0 Å². The molecule has 1 rings (SSSR count). The minimum atomic E-state index is 0.872. The van der Waals surface area contributed by atoms with Crippen molar-refractivity contribution in [1.82, 2.24) is 0 Å². The number of hydrogen-bond acceptors (Lipinski definition) is 0. The van der Waals surface area contributed by atoms with Crippen molar-refractivity contribution >= 4 is 0 Å². The van der Waals surface area contributed by atoms with Gasteiger partial charge in [0.2, 0.25) is 0 Å². The molecule has 0 aromatic rings. The maximum Gasteiger partial charge on any atom is -0.0420 e. The molecule has 0 spiro atoms. The molecule has 0 saturated heterocycles. The molecule has 1 atom stereocenters. The zero-order valence-corrected chi connectivity index (χ0v) is 13.1. The monoisotopic (exact) mass is 240 g/mol. The van der Waals surface area contributed by atoms with E-state index in [-0.39, 0.29) is 0 Å². The third-order valence-electron chi connectivity index (χ3n) is 4.29. The van der Waals surface area contributed by atoms with Crippen LogP contribution in [0.2, 0.25) is 0 Å². The van der Waals surface area contributed by atoms with Gasteiger partial charge in [-0.2, -0.15) is 0 Å². The Hall–Kier alpha value is 0. The summed E-state index contributed by atoms with van der Waals surface area (Å²) < 4.78 is 0. The summed E-state index contributed by atoms with van der Waals surface area (Å²) in [7, 11) is 0. The molecule has 0 nitrogen and oxygen atoms in total. The van der Waals surface area contributed by atoms with Crippen molar-refractivity contribution in [2.75, 3.05) is 0 Å². The quantitative estimate of drug-likeness (QED) is 0.485. The highest BCUT2D eigenvalue weighted by atomic mass is 14.1. The average Bonchev–Trinajstić information content (AvgIpc) is 2.31. The predicted octanol–water partition coefficient (Wildman–Crippen LogP) is 6.45. The van der Waals surface area contributed by atoms with Crippen molar-refractivity contribution < 1.29 is 0 Å². The fraction of sp³-hybridized carbons (Fsp3) is 1.00. The molecule has 1 saturated carbocycles. The van der Waals surface area contributed by atoms with Crippen LogP contribution in [0.25, 0.3) is 0 Å². The minimum absolute atomic E-state index is 0.872. The van der Waals surface area contributed by atoms with Crippen LogP contribution in [0.15, 0.2) is 0 Å². The molecular weight excluding hydrogens is 204 g/mol. The lowest BCUT2D eigenvalue weighted by Gasteiger charge is -2.15. The summed E-state index contributed by atoms with van der Waals surface area (Å²) in [6, 6.07) is 0. The van der Waals surface area contributed by atoms with Gasteiger partial charge in [0.25, 0.3) is 0 Å². The van der Waals surface area contributed by atoms with Gasteiger partial charge in [0, 0.05) is 0 Å². The first kappa shape index (κ1) is 17.0. The Labute approximate surface area is 111 Å². The summed E-state index contributed by atoms with van der Waals surface area (Å²) in [5.74, 6) is 2.83. The van der Waals surface area contributed by atoms with Crippen molar-refractivity contribution in [3.63, 3.8) is 0 Å². The lowest BCUT2D eigenvalue weighted by Crippen LogP contribution is -2.02. The number of hydrogen-bond donors (Lipinski definition) is 0. The normalized spacial score (nSPS) is 18.7. The second-order valence-electron chi connectivity index (χ2n) is 6.46. The molecule has 17 heavy (non-hydrogen) atoms. The third kappa shape index (κ3) is 10.9. The second-order valence-corrected chi connectivity index (χ2v) is 6.46. The first-order valence-electron chi connectivity index (χ1n) is 8.07. The molecule has 0 bridgehead atoms. The van der Waals surface area contributed by atoms with Crippen molar-refractivity contribution in [2.24, 2.45) is 17.8 Å². The van der Waals surface area contributed by atoms with Crippen LogP contribution >= 0.6 is 0 Å². The Morgan fingerprint density at radius 2 is 1.53 bits per heavy atom. The molecule has 0 aliphatic heterocycles. The summed E-state index contributed by atoms with van der Waals surface area (Å²) in [5.41, 5.74) is 0. The standard InChI is InChI=1S/C10H22.C7H14/c1-5-6-7-8-10(4)9(2)3;1-7-5-3-2-4-6-7/h9-10H,5-8H2,1-4H3;7H,2-6H2,1H3. The Balaban J connectivity index is 0.000000318. The predicted molar refractivity (Wildman–Crippen MR) is 80.4 cm³/mol. The molecule has 0 N–H and O–H groups in total. The van der Waals surface area contributed by atoms with Gasteiger partial charge in [-0.05, 0) is 17.8 Å². The molecule has 0 heterocycles. The molecule has 0 amide bonds. The van der Waals surface area contributed by atoms with Crippen LogP contribution in [0.1, 0.15) is 92.4 Å². The van der Waals surface area contributed by atoms with Crippen LogP contribution in [-0.2, 0) is 0 Å². The Morgan fingerprint density at radius 3 is 1.88 bits per heavy atom. The van der Waals surface area contributed by atoms with Crippen molar-refractivity contribution in [1.29, 1.82) is 0 Å². The zero-order chi connectivity index (χ0) is 13.1. The summed E-state index contributed by atoms with van der Waals surface area (Å²) >= 11 is 0. The average molecular weight is 240 g/mol. The van der Waals surface area contributed by atoms with Crippen LogP contribution in [0.5, 0.6) is 0 Å². The van der Waals surface area contributed by atoms with Gasteiger partial charge >= 0.3 is 0 Å². The lowest BCUT2D eigenvalue weighted by molar-refractivity contribution is 0.377. The lowest BCUT2D eigenvalue weighted by atomic mass is 9.91. The molecule has 0 aromatic carbocycles. The minimum Gasteiger partial charge on any atom is -0.0654 e. The number of rotatable bonds is 5. The van der Waals surface area contributed by atoms with Gasteiger partial charge in [-0.25, -0.2) is 0 Å². The van der Waals surface area contributed by atoms with Gasteiger partial charge < -0.3 is 0 Å². The van der Waals surface area contributed by atoms with Gasteiger partial charge in [-0.1, -0.05) is 92.4 Å². The summed E-state index contributed by atoms with van der Waals surface area (Å²) in [5, 5.41) is 0. The largest absolute Gasteiger partial charge is 0.0654 e. The molecule has 1 aliphatic rings. The maximum atomic E-state index is 2.36. The zero-order valence-electron chi connectivity index (χ0n) is 13.1. The van der Waals surface area contributed by atoms with Crippen LogP contribution in [-0.4, -0.2) is 0 Å². The van der Waals surface area contributed by atoms with Gasteiger partial charge in [-0.15, -0.1) is 0 Å². The fourth-order valence-corrected chi connectivity index (χ4v) is 2.36. The van der Waals surface area contributed by atoms with Crippen LogP contribution in [0.3, 0.4) is 0 Å². The maximum absolute atomic E-state index is 2.36. The third-order valence-corrected chi connectivity index (χ3v) is 4.29. The van der Waals surface area contributed by atoms with Crippen LogP contribution in [0.4, 0.5) is 0 Å². The molecular formula is C17H36. The smallest absolute Gasteiger partial charge is 0.0420 e. The van der Waals surface area contributed by atoms with E-state index in [1.54, 1.807) is 0 Å².